The maximum atomic E-state index is 9.80. The van der Waals surface area contributed by atoms with Crippen LogP contribution in [0.1, 0.15) is 11.1 Å². The van der Waals surface area contributed by atoms with Gasteiger partial charge in [-0.15, -0.1) is 0 Å². The molecule has 0 aliphatic heterocycles. The van der Waals surface area contributed by atoms with Crippen molar-refractivity contribution in [2.45, 2.75) is 0 Å². The van der Waals surface area contributed by atoms with E-state index in [9.17, 15) is 10.2 Å². The number of phenolic OH excluding ortho intramolecular Hbond substituents is 2. The first-order valence-electron chi connectivity index (χ1n) is 7.82. The van der Waals surface area contributed by atoms with Gasteiger partial charge in [0, 0.05) is 34.2 Å². The molecule has 2 rings (SSSR count). The van der Waals surface area contributed by atoms with E-state index in [0.29, 0.717) is 24.2 Å². The molecule has 2 aromatic carbocycles. The zero-order chi connectivity index (χ0) is 19.1. The minimum absolute atomic E-state index is 0.181. The van der Waals surface area contributed by atoms with Crippen LogP contribution in [0.4, 0.5) is 0 Å². The first-order valence-corrected chi connectivity index (χ1v) is 9.41. The normalized spacial score (nSPS) is 11.4. The Labute approximate surface area is 169 Å². The topological polar surface area (TPSA) is 71.7 Å². The van der Waals surface area contributed by atoms with Gasteiger partial charge in [-0.1, -0.05) is 31.9 Å². The summed E-state index contributed by atoms with van der Waals surface area (Å²) in [6.45, 7) is 1.28. The van der Waals surface area contributed by atoms with Crippen molar-refractivity contribution in [3.63, 3.8) is 0 Å². The van der Waals surface area contributed by atoms with Crippen LogP contribution in [0.15, 0.2) is 55.5 Å². The third kappa shape index (κ3) is 6.34. The monoisotopic (exact) mass is 482 g/mol. The predicted octanol–water partition coefficient (Wildman–Crippen LogP) is 3.85. The number of halogens is 2. The molecule has 0 radical (unpaired) electrons. The molecule has 0 unspecified atom stereocenters. The summed E-state index contributed by atoms with van der Waals surface area (Å²) in [6.07, 6.45) is 3.23. The molecule has 0 amide bonds. The maximum absolute atomic E-state index is 9.80. The number of phenols is 2. The molecule has 0 saturated carbocycles. The number of benzene rings is 2. The van der Waals surface area contributed by atoms with Gasteiger partial charge in [-0.3, -0.25) is 10.0 Å². The van der Waals surface area contributed by atoms with E-state index in [0.717, 1.165) is 8.95 Å². The van der Waals surface area contributed by atoms with Gasteiger partial charge in [0.1, 0.15) is 11.5 Å². The molecule has 0 heterocycles. The lowest BCUT2D eigenvalue weighted by atomic mass is 10.2. The second-order valence-electron chi connectivity index (χ2n) is 5.66. The molecule has 2 N–H and O–H groups in total. The Balaban J connectivity index is 1.87. The van der Waals surface area contributed by atoms with Crippen molar-refractivity contribution in [1.29, 1.82) is 0 Å². The number of rotatable bonds is 7. The predicted molar refractivity (Wildman–Crippen MR) is 112 cm³/mol. The van der Waals surface area contributed by atoms with E-state index in [1.54, 1.807) is 58.8 Å². The molecular weight excluding hydrogens is 464 g/mol. The smallest absolute Gasteiger partial charge is 0.124 e. The quantitative estimate of drug-likeness (QED) is 0.463. The standard InChI is InChI=1S/C18H20Br2N4O2/c1-23(21-11-13-9-15(19)3-5-17(13)25)7-8-24(2)22-12-14-10-16(20)4-6-18(14)26/h3-6,9-12,25-26H,7-8H2,1-2H3. The van der Waals surface area contributed by atoms with E-state index in [-0.39, 0.29) is 11.5 Å². The number of hydrogen-bond acceptors (Lipinski definition) is 6. The first-order chi connectivity index (χ1) is 12.3. The van der Waals surface area contributed by atoms with Crippen molar-refractivity contribution in [3.05, 3.63) is 56.5 Å². The van der Waals surface area contributed by atoms with Gasteiger partial charge in [0.25, 0.3) is 0 Å². The Morgan fingerprint density at radius 1 is 0.808 bits per heavy atom. The molecular formula is C18H20Br2N4O2. The van der Waals surface area contributed by atoms with Gasteiger partial charge in [0.05, 0.1) is 25.5 Å². The van der Waals surface area contributed by atoms with Crippen LogP contribution in [-0.4, -0.2) is 59.8 Å². The average molecular weight is 484 g/mol. The van der Waals surface area contributed by atoms with Gasteiger partial charge in [0.15, 0.2) is 0 Å². The van der Waals surface area contributed by atoms with Crippen LogP contribution in [0.2, 0.25) is 0 Å². The molecule has 0 spiro atoms. The summed E-state index contributed by atoms with van der Waals surface area (Å²) < 4.78 is 1.76. The van der Waals surface area contributed by atoms with E-state index in [2.05, 4.69) is 42.1 Å². The van der Waals surface area contributed by atoms with Crippen molar-refractivity contribution >= 4 is 44.3 Å². The van der Waals surface area contributed by atoms with Crippen LogP contribution >= 0.6 is 31.9 Å². The second kappa shape index (κ2) is 9.59. The van der Waals surface area contributed by atoms with Crippen LogP contribution in [0.25, 0.3) is 0 Å². The van der Waals surface area contributed by atoms with Gasteiger partial charge in [0.2, 0.25) is 0 Å². The van der Waals surface area contributed by atoms with Crippen LogP contribution in [0, 0.1) is 0 Å². The minimum atomic E-state index is 0.181. The molecule has 26 heavy (non-hydrogen) atoms. The second-order valence-corrected chi connectivity index (χ2v) is 7.49. The molecule has 0 saturated heterocycles. The van der Waals surface area contributed by atoms with E-state index in [1.807, 2.05) is 14.1 Å². The van der Waals surface area contributed by atoms with Crippen molar-refractivity contribution in [2.75, 3.05) is 27.2 Å². The third-order valence-corrected chi connectivity index (χ3v) is 4.50. The molecule has 8 heteroatoms. The van der Waals surface area contributed by atoms with Crippen molar-refractivity contribution in [2.24, 2.45) is 10.2 Å². The molecule has 2 aromatic rings. The van der Waals surface area contributed by atoms with Crippen LogP contribution in [0.5, 0.6) is 11.5 Å². The number of hydrogen-bond donors (Lipinski definition) is 2. The Bertz CT molecular complexity index is 744. The SMILES string of the molecule is CN(CCN(C)N=Cc1cc(Br)ccc1O)N=Cc1cc(Br)ccc1O. The Kier molecular flexibility index (Phi) is 7.47. The summed E-state index contributed by atoms with van der Waals surface area (Å²) in [5.74, 6) is 0.363. The molecule has 0 aliphatic rings. The summed E-state index contributed by atoms with van der Waals surface area (Å²) in [5, 5.41) is 31.8. The molecule has 0 fully saturated rings. The highest BCUT2D eigenvalue weighted by molar-refractivity contribution is 9.10. The Morgan fingerprint density at radius 3 is 1.58 bits per heavy atom. The maximum Gasteiger partial charge on any atom is 0.124 e. The van der Waals surface area contributed by atoms with E-state index in [4.69, 9.17) is 0 Å². The summed E-state index contributed by atoms with van der Waals surface area (Å²) in [6, 6.07) is 10.4. The highest BCUT2D eigenvalue weighted by Gasteiger charge is 2.02. The fourth-order valence-corrected chi connectivity index (χ4v) is 2.74. The lowest BCUT2D eigenvalue weighted by Crippen LogP contribution is -2.25. The van der Waals surface area contributed by atoms with Crippen molar-refractivity contribution in [1.82, 2.24) is 10.0 Å². The van der Waals surface area contributed by atoms with Crippen LogP contribution in [-0.2, 0) is 0 Å². The largest absolute Gasteiger partial charge is 0.507 e. The third-order valence-electron chi connectivity index (χ3n) is 3.51. The highest BCUT2D eigenvalue weighted by Crippen LogP contribution is 2.21. The molecule has 0 atom stereocenters. The van der Waals surface area contributed by atoms with Crippen molar-refractivity contribution < 1.29 is 10.2 Å². The average Bonchev–Trinajstić information content (AvgIpc) is 2.61. The van der Waals surface area contributed by atoms with Gasteiger partial charge in [-0.25, -0.2) is 0 Å². The van der Waals surface area contributed by atoms with Gasteiger partial charge in [-0.05, 0) is 36.4 Å². The molecule has 0 bridgehead atoms. The molecule has 0 aliphatic carbocycles. The first kappa shape index (κ1) is 20.3. The lowest BCUT2D eigenvalue weighted by molar-refractivity contribution is 0.272. The van der Waals surface area contributed by atoms with Crippen LogP contribution < -0.4 is 0 Å². The van der Waals surface area contributed by atoms with Crippen molar-refractivity contribution in [3.8, 4) is 11.5 Å². The fourth-order valence-electron chi connectivity index (χ4n) is 1.98. The van der Waals surface area contributed by atoms with Gasteiger partial charge in [-0.2, -0.15) is 10.2 Å². The number of hydrazone groups is 2. The van der Waals surface area contributed by atoms with Gasteiger partial charge < -0.3 is 10.2 Å². The van der Waals surface area contributed by atoms with E-state index < -0.39 is 0 Å². The summed E-state index contributed by atoms with van der Waals surface area (Å²) >= 11 is 6.74. The molecule has 138 valence electrons. The zero-order valence-corrected chi connectivity index (χ0v) is 17.6. The summed E-state index contributed by atoms with van der Waals surface area (Å²) in [4.78, 5) is 0. The van der Waals surface area contributed by atoms with Crippen LogP contribution in [0.3, 0.4) is 0 Å². The number of likely N-dealkylation sites (N-methyl/N-ethyl adjacent to an activating group) is 2. The number of aromatic hydroxyl groups is 2. The Hall–Kier alpha value is -2.06. The highest BCUT2D eigenvalue weighted by atomic mass is 79.9. The van der Waals surface area contributed by atoms with E-state index in [1.165, 1.54) is 0 Å². The molecule has 6 nitrogen and oxygen atoms in total. The fraction of sp³-hybridized carbons (Fsp3) is 0.222. The zero-order valence-electron chi connectivity index (χ0n) is 14.5. The van der Waals surface area contributed by atoms with Gasteiger partial charge >= 0.3 is 0 Å². The summed E-state index contributed by atoms with van der Waals surface area (Å²) in [5.41, 5.74) is 1.28. The number of nitrogens with zero attached hydrogens (tertiary/aromatic N) is 4. The van der Waals surface area contributed by atoms with E-state index >= 15 is 0 Å². The molecule has 0 aromatic heterocycles. The Morgan fingerprint density at radius 2 is 1.19 bits per heavy atom. The minimum Gasteiger partial charge on any atom is -0.507 e. The summed E-state index contributed by atoms with van der Waals surface area (Å²) in [7, 11) is 3.70. The lowest BCUT2D eigenvalue weighted by Gasteiger charge is -2.17.